The number of ether oxygens (including phenoxy) is 2. The van der Waals surface area contributed by atoms with Gasteiger partial charge in [-0.05, 0) is 48.4 Å². The van der Waals surface area contributed by atoms with E-state index in [2.05, 4.69) is 26.8 Å². The number of hydrogen-bond acceptors (Lipinski definition) is 4. The lowest BCUT2D eigenvalue weighted by atomic mass is 10.1. The number of amides is 2. The van der Waals surface area contributed by atoms with Crippen molar-refractivity contribution in [3.05, 3.63) is 63.6 Å². The maximum Gasteiger partial charge on any atom is 0.269 e. The number of fused-ring (bicyclic) bond motifs is 1. The van der Waals surface area contributed by atoms with E-state index in [1.54, 1.807) is 24.3 Å². The molecule has 1 aliphatic heterocycles. The molecular formula is C18H15BrN2O4. The van der Waals surface area contributed by atoms with E-state index in [0.717, 1.165) is 15.6 Å². The van der Waals surface area contributed by atoms with Crippen molar-refractivity contribution in [1.29, 1.82) is 0 Å². The van der Waals surface area contributed by atoms with E-state index < -0.39 is 11.8 Å². The molecule has 2 aromatic rings. The van der Waals surface area contributed by atoms with Crippen molar-refractivity contribution in [2.75, 3.05) is 6.79 Å². The molecule has 0 atom stereocenters. The molecule has 0 unspecified atom stereocenters. The van der Waals surface area contributed by atoms with Crippen molar-refractivity contribution < 1.29 is 19.1 Å². The van der Waals surface area contributed by atoms with Crippen molar-refractivity contribution in [2.45, 2.75) is 6.92 Å². The number of nitrogens with one attached hydrogen (secondary N) is 2. The SMILES string of the molecule is Cc1ccc(/C=C/C(=O)NNC(=O)c2ccc3c(c2)OCO3)c(Br)c1. The Morgan fingerprint density at radius 3 is 2.68 bits per heavy atom. The minimum Gasteiger partial charge on any atom is -0.454 e. The Hall–Kier alpha value is -2.80. The number of benzene rings is 2. The van der Waals surface area contributed by atoms with Crippen LogP contribution in [0.5, 0.6) is 11.5 Å². The Morgan fingerprint density at radius 2 is 1.88 bits per heavy atom. The van der Waals surface area contributed by atoms with Gasteiger partial charge in [-0.3, -0.25) is 20.4 Å². The predicted octanol–water partition coefficient (Wildman–Crippen LogP) is 2.96. The number of hydrogen-bond donors (Lipinski definition) is 2. The van der Waals surface area contributed by atoms with Gasteiger partial charge in [-0.15, -0.1) is 0 Å². The number of carbonyl (C=O) groups excluding carboxylic acids is 2. The molecule has 0 spiro atoms. The van der Waals surface area contributed by atoms with E-state index in [1.807, 2.05) is 25.1 Å². The first-order valence-electron chi connectivity index (χ1n) is 7.47. The summed E-state index contributed by atoms with van der Waals surface area (Å²) in [5.41, 5.74) is 7.02. The van der Waals surface area contributed by atoms with Crippen LogP contribution in [0.2, 0.25) is 0 Å². The summed E-state index contributed by atoms with van der Waals surface area (Å²) in [7, 11) is 0. The van der Waals surface area contributed by atoms with Crippen LogP contribution in [0.1, 0.15) is 21.5 Å². The van der Waals surface area contributed by atoms with Crippen molar-refractivity contribution in [3.63, 3.8) is 0 Å². The third kappa shape index (κ3) is 4.19. The maximum absolute atomic E-state index is 12.1. The molecule has 25 heavy (non-hydrogen) atoms. The summed E-state index contributed by atoms with van der Waals surface area (Å²) in [6.45, 7) is 2.12. The molecular weight excluding hydrogens is 388 g/mol. The van der Waals surface area contributed by atoms with Gasteiger partial charge in [-0.2, -0.15) is 0 Å². The molecule has 0 radical (unpaired) electrons. The molecule has 0 fully saturated rings. The number of halogens is 1. The van der Waals surface area contributed by atoms with E-state index in [0.29, 0.717) is 17.1 Å². The number of carbonyl (C=O) groups is 2. The highest BCUT2D eigenvalue weighted by Crippen LogP contribution is 2.32. The van der Waals surface area contributed by atoms with Gasteiger partial charge in [0.1, 0.15) is 0 Å². The van der Waals surface area contributed by atoms with Crippen molar-refractivity contribution in [3.8, 4) is 11.5 Å². The summed E-state index contributed by atoms with van der Waals surface area (Å²) >= 11 is 3.44. The van der Waals surface area contributed by atoms with Crippen LogP contribution in [0, 0.1) is 6.92 Å². The fourth-order valence-corrected chi connectivity index (χ4v) is 2.83. The molecule has 0 saturated heterocycles. The third-order valence-electron chi connectivity index (χ3n) is 3.50. The molecule has 2 amide bonds. The van der Waals surface area contributed by atoms with Crippen LogP contribution in [-0.2, 0) is 4.79 Å². The average molecular weight is 403 g/mol. The molecule has 6 nitrogen and oxygen atoms in total. The largest absolute Gasteiger partial charge is 0.454 e. The zero-order valence-electron chi connectivity index (χ0n) is 13.3. The molecule has 0 aromatic heterocycles. The van der Waals surface area contributed by atoms with Gasteiger partial charge in [0.2, 0.25) is 6.79 Å². The molecule has 1 aliphatic rings. The lowest BCUT2D eigenvalue weighted by Crippen LogP contribution is -2.40. The van der Waals surface area contributed by atoms with Gasteiger partial charge >= 0.3 is 0 Å². The average Bonchev–Trinajstić information content (AvgIpc) is 3.06. The fraction of sp³-hybridized carbons (Fsp3) is 0.111. The lowest BCUT2D eigenvalue weighted by molar-refractivity contribution is -0.117. The van der Waals surface area contributed by atoms with E-state index in [9.17, 15) is 9.59 Å². The molecule has 2 N–H and O–H groups in total. The molecule has 7 heteroatoms. The predicted molar refractivity (Wildman–Crippen MR) is 96.1 cm³/mol. The first-order chi connectivity index (χ1) is 12.0. The Kier molecular flexibility index (Phi) is 5.04. The topological polar surface area (TPSA) is 76.7 Å². The van der Waals surface area contributed by atoms with Crippen molar-refractivity contribution >= 4 is 33.8 Å². The van der Waals surface area contributed by atoms with Crippen molar-refractivity contribution in [1.82, 2.24) is 10.9 Å². The Morgan fingerprint density at radius 1 is 1.08 bits per heavy atom. The molecule has 0 aliphatic carbocycles. The van der Waals surface area contributed by atoms with Gasteiger partial charge in [-0.25, -0.2) is 0 Å². The minimum atomic E-state index is -0.448. The Balaban J connectivity index is 1.56. The summed E-state index contributed by atoms with van der Waals surface area (Å²) in [5.74, 6) is 0.202. The van der Waals surface area contributed by atoms with Crippen LogP contribution < -0.4 is 20.3 Å². The molecule has 2 aromatic carbocycles. The zero-order chi connectivity index (χ0) is 17.8. The van der Waals surface area contributed by atoms with Crippen LogP contribution >= 0.6 is 15.9 Å². The minimum absolute atomic E-state index is 0.135. The van der Waals surface area contributed by atoms with E-state index in [-0.39, 0.29) is 6.79 Å². The standard InChI is InChI=1S/C18H15BrN2O4/c1-11-2-3-12(14(19)8-11)5-7-17(22)20-21-18(23)13-4-6-15-16(9-13)25-10-24-15/h2-9H,10H2,1H3,(H,20,22)(H,21,23)/b7-5+. The molecule has 0 saturated carbocycles. The van der Waals surface area contributed by atoms with E-state index >= 15 is 0 Å². The smallest absolute Gasteiger partial charge is 0.269 e. The maximum atomic E-state index is 12.1. The molecule has 128 valence electrons. The van der Waals surface area contributed by atoms with E-state index in [4.69, 9.17) is 9.47 Å². The van der Waals surface area contributed by atoms with Crippen LogP contribution in [0.15, 0.2) is 46.9 Å². The summed E-state index contributed by atoms with van der Waals surface area (Å²) in [6, 6.07) is 10.6. The van der Waals surface area contributed by atoms with Crippen molar-refractivity contribution in [2.24, 2.45) is 0 Å². The fourth-order valence-electron chi connectivity index (χ4n) is 2.20. The van der Waals surface area contributed by atoms with Crippen LogP contribution in [0.3, 0.4) is 0 Å². The lowest BCUT2D eigenvalue weighted by Gasteiger charge is -2.06. The summed E-state index contributed by atoms with van der Waals surface area (Å²) in [4.78, 5) is 23.9. The first kappa shape index (κ1) is 17.0. The zero-order valence-corrected chi connectivity index (χ0v) is 14.9. The highest BCUT2D eigenvalue weighted by atomic mass is 79.9. The second kappa shape index (κ2) is 7.40. The van der Waals surface area contributed by atoms with Crippen LogP contribution in [0.4, 0.5) is 0 Å². The van der Waals surface area contributed by atoms with Crippen LogP contribution in [0.25, 0.3) is 6.08 Å². The Labute approximate surface area is 152 Å². The monoisotopic (exact) mass is 402 g/mol. The molecule has 3 rings (SSSR count). The van der Waals surface area contributed by atoms with Gasteiger partial charge in [0.25, 0.3) is 11.8 Å². The molecule has 1 heterocycles. The van der Waals surface area contributed by atoms with Gasteiger partial charge in [-0.1, -0.05) is 28.1 Å². The van der Waals surface area contributed by atoms with Crippen LogP contribution in [-0.4, -0.2) is 18.6 Å². The number of aryl methyl sites for hydroxylation is 1. The molecule has 0 bridgehead atoms. The normalized spacial score (nSPS) is 12.2. The number of hydrazine groups is 1. The van der Waals surface area contributed by atoms with Gasteiger partial charge < -0.3 is 9.47 Å². The summed E-state index contributed by atoms with van der Waals surface area (Å²) < 4.78 is 11.3. The summed E-state index contributed by atoms with van der Waals surface area (Å²) in [6.07, 6.45) is 3.00. The quantitative estimate of drug-likeness (QED) is 0.611. The second-order valence-electron chi connectivity index (χ2n) is 5.37. The van der Waals surface area contributed by atoms with E-state index in [1.165, 1.54) is 6.08 Å². The summed E-state index contributed by atoms with van der Waals surface area (Å²) in [5, 5.41) is 0. The Bertz CT molecular complexity index is 864. The highest BCUT2D eigenvalue weighted by Gasteiger charge is 2.16. The third-order valence-corrected chi connectivity index (χ3v) is 4.19. The first-order valence-corrected chi connectivity index (χ1v) is 8.26. The van der Waals surface area contributed by atoms with Gasteiger partial charge in [0, 0.05) is 16.1 Å². The number of rotatable bonds is 3. The second-order valence-corrected chi connectivity index (χ2v) is 6.22. The van der Waals surface area contributed by atoms with Gasteiger partial charge in [0.05, 0.1) is 0 Å². The highest BCUT2D eigenvalue weighted by molar-refractivity contribution is 9.10. The van der Waals surface area contributed by atoms with Gasteiger partial charge in [0.15, 0.2) is 11.5 Å².